The molecule has 1 aromatic carbocycles. The van der Waals surface area contributed by atoms with Gasteiger partial charge in [-0.05, 0) is 25.3 Å². The van der Waals surface area contributed by atoms with Crippen LogP contribution in [0.25, 0.3) is 10.8 Å². The third-order valence-corrected chi connectivity index (χ3v) is 4.33. The maximum atomic E-state index is 5.81. The van der Waals surface area contributed by atoms with Crippen LogP contribution in [0.3, 0.4) is 0 Å². The Morgan fingerprint density at radius 3 is 2.52 bits per heavy atom. The van der Waals surface area contributed by atoms with Gasteiger partial charge >= 0.3 is 0 Å². The van der Waals surface area contributed by atoms with E-state index in [4.69, 9.17) is 10.7 Å². The molecule has 3 rings (SSSR count). The van der Waals surface area contributed by atoms with E-state index >= 15 is 0 Å². The Balaban J connectivity index is 1.93. The number of piperazine rings is 1. The predicted octanol–water partition coefficient (Wildman–Crippen LogP) is 2.22. The Kier molecular flexibility index (Phi) is 4.08. The lowest BCUT2D eigenvalue weighted by Crippen LogP contribution is -2.49. The number of rotatable bonds is 3. The molecular weight excluding hydrogens is 260 g/mol. The van der Waals surface area contributed by atoms with Crippen molar-refractivity contribution in [1.82, 2.24) is 9.88 Å². The highest BCUT2D eigenvalue weighted by atomic mass is 15.3. The van der Waals surface area contributed by atoms with E-state index in [2.05, 4.69) is 54.0 Å². The van der Waals surface area contributed by atoms with Gasteiger partial charge in [-0.1, -0.05) is 24.3 Å². The van der Waals surface area contributed by atoms with Gasteiger partial charge in [0, 0.05) is 44.2 Å². The third-order valence-electron chi connectivity index (χ3n) is 4.33. The molecule has 0 atom stereocenters. The normalized spacial score (nSPS) is 16.9. The minimum atomic E-state index is 0.490. The summed E-state index contributed by atoms with van der Waals surface area (Å²) in [5, 5.41) is 2.46. The first-order chi connectivity index (χ1) is 10.2. The first-order valence-corrected chi connectivity index (χ1v) is 7.77. The molecule has 1 saturated heterocycles. The zero-order valence-corrected chi connectivity index (χ0v) is 12.9. The SMILES string of the molecule is CC(C)N1CCN(c2nc(CN)cc3ccccc23)CC1. The van der Waals surface area contributed by atoms with Gasteiger partial charge in [0.1, 0.15) is 5.82 Å². The fraction of sp³-hybridized carbons (Fsp3) is 0.471. The molecule has 0 saturated carbocycles. The molecule has 0 unspecified atom stereocenters. The molecule has 2 aromatic rings. The summed E-state index contributed by atoms with van der Waals surface area (Å²) in [7, 11) is 0. The van der Waals surface area contributed by atoms with Crippen molar-refractivity contribution in [2.75, 3.05) is 31.1 Å². The lowest BCUT2D eigenvalue weighted by Gasteiger charge is -2.38. The van der Waals surface area contributed by atoms with Crippen LogP contribution in [0, 0.1) is 0 Å². The van der Waals surface area contributed by atoms with E-state index in [1.807, 2.05) is 0 Å². The highest BCUT2D eigenvalue weighted by Crippen LogP contribution is 2.26. The average Bonchev–Trinajstić information content (AvgIpc) is 2.53. The van der Waals surface area contributed by atoms with Crippen LogP contribution in [0.4, 0.5) is 5.82 Å². The van der Waals surface area contributed by atoms with Gasteiger partial charge in [-0.2, -0.15) is 0 Å². The number of aromatic nitrogens is 1. The summed E-state index contributed by atoms with van der Waals surface area (Å²) >= 11 is 0. The van der Waals surface area contributed by atoms with Crippen LogP contribution in [0.15, 0.2) is 30.3 Å². The van der Waals surface area contributed by atoms with Crippen molar-refractivity contribution in [2.45, 2.75) is 26.4 Å². The van der Waals surface area contributed by atoms with Crippen LogP contribution < -0.4 is 10.6 Å². The van der Waals surface area contributed by atoms with E-state index in [-0.39, 0.29) is 0 Å². The second-order valence-corrected chi connectivity index (χ2v) is 5.98. The monoisotopic (exact) mass is 284 g/mol. The number of pyridine rings is 1. The topological polar surface area (TPSA) is 45.4 Å². The minimum Gasteiger partial charge on any atom is -0.354 e. The lowest BCUT2D eigenvalue weighted by atomic mass is 10.1. The predicted molar refractivity (Wildman–Crippen MR) is 88.6 cm³/mol. The van der Waals surface area contributed by atoms with Crippen molar-refractivity contribution in [3.8, 4) is 0 Å². The molecule has 21 heavy (non-hydrogen) atoms. The summed E-state index contributed by atoms with van der Waals surface area (Å²) in [6, 6.07) is 11.2. The van der Waals surface area contributed by atoms with Crippen molar-refractivity contribution in [1.29, 1.82) is 0 Å². The van der Waals surface area contributed by atoms with Crippen molar-refractivity contribution < 1.29 is 0 Å². The molecule has 4 nitrogen and oxygen atoms in total. The number of benzene rings is 1. The van der Waals surface area contributed by atoms with Gasteiger partial charge in [0.25, 0.3) is 0 Å². The third kappa shape index (κ3) is 2.87. The maximum Gasteiger partial charge on any atom is 0.136 e. The number of hydrogen-bond acceptors (Lipinski definition) is 4. The molecule has 1 fully saturated rings. The molecule has 0 aliphatic carbocycles. The lowest BCUT2D eigenvalue weighted by molar-refractivity contribution is 0.209. The van der Waals surface area contributed by atoms with Crippen LogP contribution in [-0.2, 0) is 6.54 Å². The van der Waals surface area contributed by atoms with E-state index in [0.717, 1.165) is 37.7 Å². The summed E-state index contributed by atoms with van der Waals surface area (Å²) in [5.41, 5.74) is 6.78. The quantitative estimate of drug-likeness (QED) is 0.939. The number of hydrogen-bond donors (Lipinski definition) is 1. The van der Waals surface area contributed by atoms with Gasteiger partial charge in [-0.15, -0.1) is 0 Å². The highest BCUT2D eigenvalue weighted by Gasteiger charge is 2.21. The van der Waals surface area contributed by atoms with Crippen LogP contribution in [0.5, 0.6) is 0 Å². The maximum absolute atomic E-state index is 5.81. The zero-order chi connectivity index (χ0) is 14.8. The van der Waals surface area contributed by atoms with Crippen molar-refractivity contribution in [3.05, 3.63) is 36.0 Å². The highest BCUT2D eigenvalue weighted by molar-refractivity contribution is 5.92. The molecule has 112 valence electrons. The molecule has 0 bridgehead atoms. The van der Waals surface area contributed by atoms with E-state index in [1.54, 1.807) is 0 Å². The molecule has 2 heterocycles. The molecule has 1 aromatic heterocycles. The van der Waals surface area contributed by atoms with Gasteiger partial charge in [-0.25, -0.2) is 4.98 Å². The number of fused-ring (bicyclic) bond motifs is 1. The smallest absolute Gasteiger partial charge is 0.136 e. The molecule has 1 aliphatic rings. The van der Waals surface area contributed by atoms with Crippen molar-refractivity contribution >= 4 is 16.6 Å². The summed E-state index contributed by atoms with van der Waals surface area (Å²) in [5.74, 6) is 1.09. The molecule has 0 radical (unpaired) electrons. The van der Waals surface area contributed by atoms with Crippen LogP contribution in [-0.4, -0.2) is 42.1 Å². The van der Waals surface area contributed by atoms with Gasteiger partial charge in [0.2, 0.25) is 0 Å². The standard InChI is InChI=1S/C17H24N4/c1-13(2)20-7-9-21(10-8-20)17-16-6-4-3-5-14(16)11-15(12-18)19-17/h3-6,11,13H,7-10,12,18H2,1-2H3. The number of anilines is 1. The summed E-state index contributed by atoms with van der Waals surface area (Å²) < 4.78 is 0. The second kappa shape index (κ2) is 6.00. The zero-order valence-electron chi connectivity index (χ0n) is 12.9. The van der Waals surface area contributed by atoms with Crippen molar-refractivity contribution in [2.24, 2.45) is 5.73 Å². The minimum absolute atomic E-state index is 0.490. The molecule has 0 spiro atoms. The molecule has 1 aliphatic heterocycles. The van der Waals surface area contributed by atoms with Gasteiger partial charge in [0.05, 0.1) is 5.69 Å². The first-order valence-electron chi connectivity index (χ1n) is 7.77. The van der Waals surface area contributed by atoms with E-state index in [1.165, 1.54) is 10.8 Å². The Morgan fingerprint density at radius 1 is 1.14 bits per heavy atom. The first kappa shape index (κ1) is 14.3. The summed E-state index contributed by atoms with van der Waals surface area (Å²) in [4.78, 5) is 9.72. The fourth-order valence-electron chi connectivity index (χ4n) is 3.03. The average molecular weight is 284 g/mol. The number of nitrogens with two attached hydrogens (primary N) is 1. The van der Waals surface area contributed by atoms with Gasteiger partial charge < -0.3 is 10.6 Å². The second-order valence-electron chi connectivity index (χ2n) is 5.98. The van der Waals surface area contributed by atoms with Crippen LogP contribution >= 0.6 is 0 Å². The van der Waals surface area contributed by atoms with Gasteiger partial charge in [0.15, 0.2) is 0 Å². The number of nitrogens with zero attached hydrogens (tertiary/aromatic N) is 3. The summed E-state index contributed by atoms with van der Waals surface area (Å²) in [6.07, 6.45) is 0. The van der Waals surface area contributed by atoms with E-state index in [9.17, 15) is 0 Å². The fourth-order valence-corrected chi connectivity index (χ4v) is 3.03. The summed E-state index contributed by atoms with van der Waals surface area (Å²) in [6.45, 7) is 9.27. The Hall–Kier alpha value is -1.65. The Morgan fingerprint density at radius 2 is 1.86 bits per heavy atom. The Labute approximate surface area is 126 Å². The van der Waals surface area contributed by atoms with Crippen LogP contribution in [0.1, 0.15) is 19.5 Å². The van der Waals surface area contributed by atoms with Crippen LogP contribution in [0.2, 0.25) is 0 Å². The molecule has 4 heteroatoms. The molecule has 0 amide bonds. The van der Waals surface area contributed by atoms with Crippen molar-refractivity contribution in [3.63, 3.8) is 0 Å². The molecule has 2 N–H and O–H groups in total. The van der Waals surface area contributed by atoms with E-state index in [0.29, 0.717) is 12.6 Å². The van der Waals surface area contributed by atoms with Gasteiger partial charge in [-0.3, -0.25) is 4.90 Å². The largest absolute Gasteiger partial charge is 0.354 e. The Bertz CT molecular complexity index is 615. The van der Waals surface area contributed by atoms with E-state index < -0.39 is 0 Å². The molecular formula is C17H24N4.